The van der Waals surface area contributed by atoms with Gasteiger partial charge in [-0.3, -0.25) is 4.98 Å². The molecular weight excluding hydrogens is 354 g/mol. The number of rotatable bonds is 8. The van der Waals surface area contributed by atoms with Crippen molar-refractivity contribution >= 4 is 27.2 Å². The maximum atomic E-state index is 11.9. The van der Waals surface area contributed by atoms with Crippen molar-refractivity contribution in [1.82, 2.24) is 15.0 Å². The molecule has 1 saturated carbocycles. The van der Waals surface area contributed by atoms with Crippen LogP contribution in [0.25, 0.3) is 0 Å². The van der Waals surface area contributed by atoms with Gasteiger partial charge in [-0.05, 0) is 43.2 Å². The van der Waals surface area contributed by atoms with Crippen LogP contribution in [-0.4, -0.2) is 37.7 Å². The molecule has 0 bridgehead atoms. The van der Waals surface area contributed by atoms with Crippen molar-refractivity contribution in [1.29, 1.82) is 0 Å². The smallest absolute Gasteiger partial charge is 0.211 e. The van der Waals surface area contributed by atoms with Crippen LogP contribution in [0.2, 0.25) is 0 Å². The zero-order chi connectivity index (χ0) is 18.3. The van der Waals surface area contributed by atoms with Crippen LogP contribution in [0.3, 0.4) is 0 Å². The molecule has 0 spiro atoms. The first kappa shape index (κ1) is 20.3. The van der Waals surface area contributed by atoms with Crippen molar-refractivity contribution in [2.24, 2.45) is 5.92 Å². The lowest BCUT2D eigenvalue weighted by Gasteiger charge is -2.45. The van der Waals surface area contributed by atoms with E-state index >= 15 is 0 Å². The summed E-state index contributed by atoms with van der Waals surface area (Å²) in [6.07, 6.45) is 9.38. The summed E-state index contributed by atoms with van der Waals surface area (Å²) in [5.41, 5.74) is 0.878. The van der Waals surface area contributed by atoms with E-state index in [0.29, 0.717) is 18.9 Å². The summed E-state index contributed by atoms with van der Waals surface area (Å²) in [5.74, 6) is 0.482. The molecule has 2 atom stereocenters. The molecule has 0 unspecified atom stereocenters. The average Bonchev–Trinajstić information content (AvgIpc) is 2.62. The minimum absolute atomic E-state index is 0.181. The highest BCUT2D eigenvalue weighted by atomic mass is 32.2. The third kappa shape index (κ3) is 4.77. The number of hydrogen-bond donors (Lipinski definition) is 2. The Bertz CT molecular complexity index is 664. The van der Waals surface area contributed by atoms with Crippen molar-refractivity contribution in [2.45, 2.75) is 50.9 Å². The lowest BCUT2D eigenvalue weighted by molar-refractivity contribution is 0.239. The van der Waals surface area contributed by atoms with Crippen molar-refractivity contribution in [3.63, 3.8) is 0 Å². The molecule has 1 aliphatic rings. The summed E-state index contributed by atoms with van der Waals surface area (Å²) in [6, 6.07) is 4.04. The molecule has 140 valence electrons. The molecule has 5 nitrogen and oxygen atoms in total. The Morgan fingerprint density at radius 1 is 1.44 bits per heavy atom. The monoisotopic (exact) mass is 383 g/mol. The molecule has 0 radical (unpaired) electrons. The number of thiocarbonyl (C=S) groups is 1. The van der Waals surface area contributed by atoms with Crippen LogP contribution >= 0.6 is 12.2 Å². The third-order valence-corrected chi connectivity index (χ3v) is 7.33. The predicted octanol–water partition coefficient (Wildman–Crippen LogP) is 2.78. The molecule has 0 aromatic carbocycles. The van der Waals surface area contributed by atoms with Gasteiger partial charge in [-0.25, -0.2) is 13.1 Å². The molecule has 1 aliphatic carbocycles. The minimum Gasteiger partial charge on any atom is -0.382 e. The first-order valence-electron chi connectivity index (χ1n) is 9.06. The summed E-state index contributed by atoms with van der Waals surface area (Å²) < 4.78 is 26.6. The zero-order valence-corrected chi connectivity index (χ0v) is 16.8. The van der Waals surface area contributed by atoms with Gasteiger partial charge in [-0.2, -0.15) is 0 Å². The second-order valence-corrected chi connectivity index (χ2v) is 9.07. The Labute approximate surface area is 157 Å². The molecule has 1 fully saturated rings. The van der Waals surface area contributed by atoms with Crippen molar-refractivity contribution in [3.8, 4) is 0 Å². The second kappa shape index (κ2) is 9.05. The van der Waals surface area contributed by atoms with Gasteiger partial charge in [0, 0.05) is 31.4 Å². The van der Waals surface area contributed by atoms with E-state index in [1.165, 1.54) is 0 Å². The Morgan fingerprint density at radius 2 is 2.24 bits per heavy atom. The first-order valence-corrected chi connectivity index (χ1v) is 11.1. The van der Waals surface area contributed by atoms with Gasteiger partial charge in [0.2, 0.25) is 10.0 Å². The summed E-state index contributed by atoms with van der Waals surface area (Å²) in [5, 5.41) is 3.20. The SMILES string of the molecule is CCCS(=O)(=O)NCC[C@@H]1CCCC[C@]1(C(=S)NC)c1cccnc1. The number of nitrogens with one attached hydrogen (secondary N) is 2. The number of sulfonamides is 1. The Kier molecular flexibility index (Phi) is 7.34. The van der Waals surface area contributed by atoms with Gasteiger partial charge in [0.25, 0.3) is 0 Å². The van der Waals surface area contributed by atoms with Crippen LogP contribution in [0, 0.1) is 5.92 Å². The van der Waals surface area contributed by atoms with E-state index in [1.54, 1.807) is 6.20 Å². The van der Waals surface area contributed by atoms with E-state index in [0.717, 1.165) is 42.7 Å². The van der Waals surface area contributed by atoms with Crippen molar-refractivity contribution < 1.29 is 8.42 Å². The molecule has 1 heterocycles. The highest BCUT2D eigenvalue weighted by Crippen LogP contribution is 2.46. The van der Waals surface area contributed by atoms with Crippen LogP contribution < -0.4 is 10.0 Å². The normalized spacial score (nSPS) is 24.0. The molecule has 0 saturated heterocycles. The molecule has 0 aliphatic heterocycles. The summed E-state index contributed by atoms with van der Waals surface area (Å²) in [4.78, 5) is 5.14. The molecule has 2 rings (SSSR count). The van der Waals surface area contributed by atoms with E-state index in [1.807, 2.05) is 26.2 Å². The number of likely N-dealkylation sites (N-methyl/N-ethyl adjacent to an activating group) is 1. The topological polar surface area (TPSA) is 71.1 Å². The lowest BCUT2D eigenvalue weighted by Crippen LogP contribution is -2.50. The van der Waals surface area contributed by atoms with Gasteiger partial charge in [0.1, 0.15) is 0 Å². The molecule has 1 aromatic rings. The van der Waals surface area contributed by atoms with E-state index in [9.17, 15) is 8.42 Å². The second-order valence-electron chi connectivity index (χ2n) is 6.74. The summed E-state index contributed by atoms with van der Waals surface area (Å²) in [7, 11) is -1.30. The average molecular weight is 384 g/mol. The molecular formula is C18H29N3O2S2. The van der Waals surface area contributed by atoms with Gasteiger partial charge in [-0.15, -0.1) is 0 Å². The fourth-order valence-electron chi connectivity index (χ4n) is 4.03. The van der Waals surface area contributed by atoms with Crippen molar-refractivity contribution in [3.05, 3.63) is 30.1 Å². The van der Waals surface area contributed by atoms with E-state index in [4.69, 9.17) is 12.2 Å². The maximum absolute atomic E-state index is 11.9. The van der Waals surface area contributed by atoms with Crippen LogP contribution in [0.1, 0.15) is 51.0 Å². The van der Waals surface area contributed by atoms with Crippen LogP contribution in [0.5, 0.6) is 0 Å². The molecule has 1 aromatic heterocycles. The van der Waals surface area contributed by atoms with Gasteiger partial charge in [0.05, 0.1) is 10.7 Å². The first-order chi connectivity index (χ1) is 12.0. The number of pyridine rings is 1. The minimum atomic E-state index is -3.17. The third-order valence-electron chi connectivity index (χ3n) is 5.17. The van der Waals surface area contributed by atoms with Crippen molar-refractivity contribution in [2.75, 3.05) is 19.3 Å². The predicted molar refractivity (Wildman–Crippen MR) is 106 cm³/mol. The van der Waals surface area contributed by atoms with Gasteiger partial charge in [-0.1, -0.05) is 38.0 Å². The van der Waals surface area contributed by atoms with Crippen LogP contribution in [0.4, 0.5) is 0 Å². The van der Waals surface area contributed by atoms with Crippen LogP contribution in [0.15, 0.2) is 24.5 Å². The Hall–Kier alpha value is -1.05. The number of aromatic nitrogens is 1. The Morgan fingerprint density at radius 3 is 2.88 bits per heavy atom. The quantitative estimate of drug-likeness (QED) is 0.676. The Balaban J connectivity index is 2.22. The molecule has 7 heteroatoms. The number of hydrogen-bond acceptors (Lipinski definition) is 4. The molecule has 25 heavy (non-hydrogen) atoms. The molecule has 2 N–H and O–H groups in total. The maximum Gasteiger partial charge on any atom is 0.211 e. The standard InChI is InChI=1S/C18H29N3O2S2/c1-3-13-25(22,23)21-12-9-15-7-4-5-10-18(15,17(24)19-2)16-8-6-11-20-14-16/h6,8,11,14-15,21H,3-5,7,9-10,12-13H2,1-2H3,(H,19,24)/t15-,18+/m0/s1. The van der Waals surface area contributed by atoms with Gasteiger partial charge < -0.3 is 5.32 Å². The zero-order valence-electron chi connectivity index (χ0n) is 15.1. The van der Waals surface area contributed by atoms with Crippen LogP contribution in [-0.2, 0) is 15.4 Å². The van der Waals surface area contributed by atoms with E-state index in [-0.39, 0.29) is 11.2 Å². The fraction of sp³-hybridized carbons (Fsp3) is 0.667. The highest BCUT2D eigenvalue weighted by molar-refractivity contribution is 7.89. The lowest BCUT2D eigenvalue weighted by atomic mass is 9.61. The van der Waals surface area contributed by atoms with Gasteiger partial charge >= 0.3 is 0 Å². The number of nitrogens with zero attached hydrogens (tertiary/aromatic N) is 1. The largest absolute Gasteiger partial charge is 0.382 e. The fourth-order valence-corrected chi connectivity index (χ4v) is 5.52. The van der Waals surface area contributed by atoms with E-state index in [2.05, 4.69) is 21.1 Å². The highest BCUT2D eigenvalue weighted by Gasteiger charge is 2.45. The summed E-state index contributed by atoms with van der Waals surface area (Å²) >= 11 is 5.73. The van der Waals surface area contributed by atoms with E-state index < -0.39 is 10.0 Å². The summed E-state index contributed by atoms with van der Waals surface area (Å²) in [6.45, 7) is 2.33. The van der Waals surface area contributed by atoms with Gasteiger partial charge in [0.15, 0.2) is 0 Å². The molecule has 0 amide bonds.